The number of primary amides is 1. The molecule has 0 spiro atoms. The first-order valence-corrected chi connectivity index (χ1v) is 3.54. The number of carbonyl (C=O) groups is 1. The minimum Gasteiger partial charge on any atom is -0.450 e. The zero-order valence-corrected chi connectivity index (χ0v) is 7.37. The van der Waals surface area contributed by atoms with Crippen LogP contribution in [0.15, 0.2) is 0 Å². The van der Waals surface area contributed by atoms with E-state index in [-0.39, 0.29) is 18.9 Å². The van der Waals surface area contributed by atoms with Gasteiger partial charge in [-0.2, -0.15) is 0 Å². The van der Waals surface area contributed by atoms with E-state index in [1.165, 1.54) is 0 Å². The second-order valence-electron chi connectivity index (χ2n) is 1.13. The molecule has 68 valence electrons. The number of nitrogens with two attached hydrogens (primary N) is 1. The van der Waals surface area contributed by atoms with Gasteiger partial charge >= 0.3 is 25.0 Å². The molecule has 0 saturated heterocycles. The van der Waals surface area contributed by atoms with Gasteiger partial charge in [0.2, 0.25) is 0 Å². The van der Waals surface area contributed by atoms with Crippen molar-refractivity contribution in [1.29, 1.82) is 0 Å². The molecule has 1 amide bonds. The molecule has 12 heavy (non-hydrogen) atoms. The number of halogens is 1. The predicted molar refractivity (Wildman–Crippen MR) is 21.2 cm³/mol. The quantitative estimate of drug-likeness (QED) is 0.411. The zero-order valence-electron chi connectivity index (χ0n) is 6.61. The Morgan fingerprint density at radius 3 is 1.67 bits per heavy atom. The van der Waals surface area contributed by atoms with Gasteiger partial charge in [0.1, 0.15) is 0 Å². The Balaban J connectivity index is -0.000000126. The summed E-state index contributed by atoms with van der Waals surface area (Å²) in [6.45, 7) is 2.06. The van der Waals surface area contributed by atoms with Gasteiger partial charge in [-0.3, -0.25) is 0 Å². The molecule has 0 bridgehead atoms. The largest absolute Gasteiger partial charge is 1.00 e. The summed E-state index contributed by atoms with van der Waals surface area (Å²) in [4.78, 5) is 9.60. The van der Waals surface area contributed by atoms with Crippen molar-refractivity contribution in [3.8, 4) is 0 Å². The molecular weight excluding hydrogens is 188 g/mol. The second-order valence-corrected chi connectivity index (χ2v) is 1.89. The minimum absolute atomic E-state index is 0. The normalized spacial score (nSPS) is 8.75. The van der Waals surface area contributed by atoms with Gasteiger partial charge in [-0.05, 0) is 6.92 Å². The van der Waals surface area contributed by atoms with E-state index in [0.717, 1.165) is 0 Å². The summed E-state index contributed by atoms with van der Waals surface area (Å²) < 4.78 is 38.2. The van der Waals surface area contributed by atoms with Crippen LogP contribution in [-0.4, -0.2) is 12.7 Å². The van der Waals surface area contributed by atoms with E-state index in [2.05, 4.69) is 10.5 Å². The summed E-state index contributed by atoms with van der Waals surface area (Å²) in [5.74, 6) is 0. The van der Waals surface area contributed by atoms with Gasteiger partial charge in [0.15, 0.2) is 0 Å². The summed E-state index contributed by atoms with van der Waals surface area (Å²) in [6, 6.07) is 0. The summed E-state index contributed by atoms with van der Waals surface area (Å²) in [5, 5.41) is 0. The zero-order chi connectivity index (χ0) is 9.49. The maximum atomic E-state index is 9.60. The monoisotopic (exact) mass is 195 g/mol. The molecule has 0 aromatic heterocycles. The van der Waals surface area contributed by atoms with Crippen LogP contribution in [0.2, 0.25) is 0 Å². The van der Waals surface area contributed by atoms with Crippen LogP contribution in [0.25, 0.3) is 0 Å². The molecule has 0 aliphatic rings. The first-order valence-electron chi connectivity index (χ1n) is 2.31. The minimum atomic E-state index is -4.94. The first kappa shape index (κ1) is 17.9. The van der Waals surface area contributed by atoms with E-state index >= 15 is 0 Å². The molecule has 2 N–H and O–H groups in total. The third-order valence-corrected chi connectivity index (χ3v) is 0.287. The van der Waals surface area contributed by atoms with Gasteiger partial charge in [0, 0.05) is 0 Å². The van der Waals surface area contributed by atoms with Crippen molar-refractivity contribution in [3.05, 3.63) is 0 Å². The van der Waals surface area contributed by atoms with E-state index < -0.39 is 16.3 Å². The summed E-state index contributed by atoms with van der Waals surface area (Å²) >= 11 is 0. The molecule has 9 heteroatoms. The van der Waals surface area contributed by atoms with Gasteiger partial charge < -0.3 is 10.5 Å². The van der Waals surface area contributed by atoms with Crippen LogP contribution < -0.4 is 43.2 Å². The number of amides is 1. The van der Waals surface area contributed by atoms with Crippen LogP contribution in [0.5, 0.6) is 0 Å². The van der Waals surface area contributed by atoms with E-state index in [9.17, 15) is 4.79 Å². The van der Waals surface area contributed by atoms with Crippen LogP contribution in [0.1, 0.15) is 6.92 Å². The van der Waals surface area contributed by atoms with Crippen molar-refractivity contribution in [1.82, 2.24) is 0 Å². The standard InChI is InChI=1S/C3H7NO2.ClHO4.Li/c1-2-6-3(4)5;2-1(3,4)5;/h2H2,1H3,(H2,4,5);(H,2,3,4,5);/q;;+1/p-1. The molecule has 0 radical (unpaired) electrons. The number of carbonyl (C=O) groups excluding carboxylic acids is 1. The van der Waals surface area contributed by atoms with Crippen molar-refractivity contribution < 1.29 is 57.3 Å². The molecule has 0 fully saturated rings. The average molecular weight is 195 g/mol. The third-order valence-electron chi connectivity index (χ3n) is 0.287. The van der Waals surface area contributed by atoms with Crippen molar-refractivity contribution >= 4 is 6.09 Å². The molecule has 0 rings (SSSR count). The number of hydrogen-bond donors (Lipinski definition) is 1. The van der Waals surface area contributed by atoms with Crippen LogP contribution in [0, 0.1) is 10.2 Å². The van der Waals surface area contributed by atoms with E-state index in [1.54, 1.807) is 6.92 Å². The van der Waals surface area contributed by atoms with Crippen molar-refractivity contribution in [3.63, 3.8) is 0 Å². The van der Waals surface area contributed by atoms with Crippen LogP contribution in [0.3, 0.4) is 0 Å². The van der Waals surface area contributed by atoms with Gasteiger partial charge in [0.05, 0.1) is 6.61 Å². The number of rotatable bonds is 1. The molecule has 0 saturated carbocycles. The van der Waals surface area contributed by atoms with Gasteiger partial charge in [-0.1, -0.05) is 0 Å². The average Bonchev–Trinajstić information content (AvgIpc) is 1.58. The van der Waals surface area contributed by atoms with E-state index in [0.29, 0.717) is 6.61 Å². The molecule has 0 aromatic rings. The van der Waals surface area contributed by atoms with Crippen molar-refractivity contribution in [2.75, 3.05) is 6.61 Å². The van der Waals surface area contributed by atoms with Crippen molar-refractivity contribution in [2.45, 2.75) is 6.92 Å². The fourth-order valence-electron chi connectivity index (χ4n) is 0.142. The SMILES string of the molecule is CCOC(N)=O.[Li+].[O-][Cl+3]([O-])([O-])[O-]. The summed E-state index contributed by atoms with van der Waals surface area (Å²) in [5.41, 5.74) is 4.54. The molecule has 0 aromatic carbocycles. The topological polar surface area (TPSA) is 145 Å². The number of ether oxygens (including phenoxy) is 1. The van der Waals surface area contributed by atoms with Crippen molar-refractivity contribution in [2.24, 2.45) is 5.73 Å². The smallest absolute Gasteiger partial charge is 0.450 e. The van der Waals surface area contributed by atoms with Gasteiger partial charge in [-0.15, -0.1) is 10.2 Å². The summed E-state index contributed by atoms with van der Waals surface area (Å²) in [6.07, 6.45) is -0.711. The first-order chi connectivity index (χ1) is 4.77. The molecule has 7 nitrogen and oxygen atoms in total. The molecule has 0 aliphatic heterocycles. The second kappa shape index (κ2) is 9.09. The Labute approximate surface area is 83.0 Å². The molecule has 0 atom stereocenters. The molecule has 0 heterocycles. The maximum absolute atomic E-state index is 9.60. The van der Waals surface area contributed by atoms with E-state index in [4.69, 9.17) is 18.6 Å². The van der Waals surface area contributed by atoms with Gasteiger partial charge in [-0.25, -0.2) is 23.4 Å². The number of hydrogen-bond acceptors (Lipinski definition) is 6. The van der Waals surface area contributed by atoms with Crippen LogP contribution in [0.4, 0.5) is 4.79 Å². The summed E-state index contributed by atoms with van der Waals surface area (Å²) in [7, 11) is -4.94. The molecule has 0 unspecified atom stereocenters. The van der Waals surface area contributed by atoms with Crippen LogP contribution in [-0.2, 0) is 4.74 Å². The van der Waals surface area contributed by atoms with Crippen LogP contribution >= 0.6 is 0 Å². The Bertz CT molecular complexity index is 110. The third kappa shape index (κ3) is 90.1. The predicted octanol–water partition coefficient (Wildman–Crippen LogP) is -7.65. The Morgan fingerprint density at radius 2 is 1.67 bits per heavy atom. The molecular formula is C3H7ClLiNO6. The van der Waals surface area contributed by atoms with Gasteiger partial charge in [0.25, 0.3) is 0 Å². The van der Waals surface area contributed by atoms with E-state index in [1.807, 2.05) is 0 Å². The Hall–Kier alpha value is -0.00260. The maximum Gasteiger partial charge on any atom is 1.00 e. The Kier molecular flexibility index (Phi) is 13.6. The fourth-order valence-corrected chi connectivity index (χ4v) is 0.142. The Morgan fingerprint density at radius 1 is 1.42 bits per heavy atom. The molecule has 0 aliphatic carbocycles. The fraction of sp³-hybridized carbons (Fsp3) is 0.667.